The fourth-order valence-corrected chi connectivity index (χ4v) is 2.56. The summed E-state index contributed by atoms with van der Waals surface area (Å²) in [5.74, 6) is 1.32. The SMILES string of the molecule is Cc1nn(-c2ncc(NC(=O)c3cc(C4CC4)on3)cn2)c(C)c1C. The molecule has 0 spiro atoms. The Balaban J connectivity index is 1.49. The lowest BCUT2D eigenvalue weighted by molar-refractivity contribution is 0.101. The number of carbonyl (C=O) groups excluding carboxylic acids is 1. The van der Waals surface area contributed by atoms with Crippen LogP contribution >= 0.6 is 0 Å². The standard InChI is InChI=1S/C17H18N6O2/c1-9-10(2)21-23(11(9)3)17-18-7-13(8-19-17)20-16(24)14-6-15(25-22-14)12-4-5-12/h6-8,12H,4-5H2,1-3H3,(H,20,24). The predicted octanol–water partition coefficient (Wildman–Crippen LogP) is 2.71. The minimum absolute atomic E-state index is 0.264. The van der Waals surface area contributed by atoms with E-state index in [0.29, 0.717) is 17.6 Å². The van der Waals surface area contributed by atoms with E-state index in [9.17, 15) is 4.79 Å². The Bertz CT molecular complexity index is 937. The average molecular weight is 338 g/mol. The number of rotatable bonds is 4. The molecule has 1 aliphatic rings. The summed E-state index contributed by atoms with van der Waals surface area (Å²) in [5, 5.41) is 11.0. The van der Waals surface area contributed by atoms with E-state index in [4.69, 9.17) is 4.52 Å². The van der Waals surface area contributed by atoms with Crippen LogP contribution in [0.25, 0.3) is 5.95 Å². The molecule has 3 aromatic rings. The molecule has 0 saturated heterocycles. The Morgan fingerprint density at radius 2 is 1.96 bits per heavy atom. The highest BCUT2D eigenvalue weighted by molar-refractivity contribution is 6.02. The molecule has 1 N–H and O–H groups in total. The van der Waals surface area contributed by atoms with Crippen LogP contribution < -0.4 is 5.32 Å². The van der Waals surface area contributed by atoms with Gasteiger partial charge < -0.3 is 9.84 Å². The summed E-state index contributed by atoms with van der Waals surface area (Å²) in [5.41, 5.74) is 3.79. The highest BCUT2D eigenvalue weighted by Gasteiger charge is 2.28. The summed E-state index contributed by atoms with van der Waals surface area (Å²) in [6.07, 6.45) is 5.29. The molecule has 1 fully saturated rings. The summed E-state index contributed by atoms with van der Waals surface area (Å²) >= 11 is 0. The maximum atomic E-state index is 12.2. The molecule has 8 heteroatoms. The van der Waals surface area contributed by atoms with Gasteiger partial charge in [0.2, 0.25) is 0 Å². The summed E-state index contributed by atoms with van der Waals surface area (Å²) in [4.78, 5) is 20.8. The second-order valence-electron chi connectivity index (χ2n) is 6.32. The van der Waals surface area contributed by atoms with Crippen molar-refractivity contribution in [2.45, 2.75) is 39.5 Å². The average Bonchev–Trinajstić information content (AvgIpc) is 3.29. The van der Waals surface area contributed by atoms with E-state index in [2.05, 4.69) is 25.5 Å². The van der Waals surface area contributed by atoms with Crippen molar-refractivity contribution in [3.63, 3.8) is 0 Å². The maximum absolute atomic E-state index is 12.2. The number of hydrogen-bond acceptors (Lipinski definition) is 6. The molecule has 1 amide bonds. The fraction of sp³-hybridized carbons (Fsp3) is 0.353. The van der Waals surface area contributed by atoms with Gasteiger partial charge in [0.15, 0.2) is 5.69 Å². The van der Waals surface area contributed by atoms with Gasteiger partial charge in [0.1, 0.15) is 5.76 Å². The van der Waals surface area contributed by atoms with Crippen molar-refractivity contribution < 1.29 is 9.32 Å². The molecule has 0 aromatic carbocycles. The Hall–Kier alpha value is -3.03. The van der Waals surface area contributed by atoms with Crippen molar-refractivity contribution in [3.8, 4) is 5.95 Å². The van der Waals surface area contributed by atoms with Gasteiger partial charge in [-0.2, -0.15) is 5.10 Å². The van der Waals surface area contributed by atoms with Crippen molar-refractivity contribution in [2.75, 3.05) is 5.32 Å². The van der Waals surface area contributed by atoms with Gasteiger partial charge in [-0.3, -0.25) is 4.79 Å². The second kappa shape index (κ2) is 5.80. The molecule has 4 rings (SSSR count). The number of aryl methyl sites for hydroxylation is 1. The first-order valence-corrected chi connectivity index (χ1v) is 8.16. The molecule has 8 nitrogen and oxygen atoms in total. The van der Waals surface area contributed by atoms with Gasteiger partial charge >= 0.3 is 0 Å². The molecule has 1 aliphatic carbocycles. The highest BCUT2D eigenvalue weighted by atomic mass is 16.5. The Morgan fingerprint density at radius 3 is 2.56 bits per heavy atom. The molecule has 0 aliphatic heterocycles. The van der Waals surface area contributed by atoms with E-state index in [0.717, 1.165) is 35.6 Å². The number of aromatic nitrogens is 5. The zero-order valence-corrected chi connectivity index (χ0v) is 14.3. The van der Waals surface area contributed by atoms with Crippen LogP contribution in [0.1, 0.15) is 52.0 Å². The van der Waals surface area contributed by atoms with Gasteiger partial charge in [-0.05, 0) is 39.2 Å². The predicted molar refractivity (Wildman–Crippen MR) is 89.8 cm³/mol. The summed E-state index contributed by atoms with van der Waals surface area (Å²) < 4.78 is 6.89. The van der Waals surface area contributed by atoms with E-state index in [-0.39, 0.29) is 11.6 Å². The second-order valence-corrected chi connectivity index (χ2v) is 6.32. The first-order valence-electron chi connectivity index (χ1n) is 8.16. The van der Waals surface area contributed by atoms with Crippen LogP contribution in [0.3, 0.4) is 0 Å². The van der Waals surface area contributed by atoms with Crippen LogP contribution in [0.2, 0.25) is 0 Å². The fourth-order valence-electron chi connectivity index (χ4n) is 2.56. The smallest absolute Gasteiger partial charge is 0.277 e. The van der Waals surface area contributed by atoms with Crippen molar-refractivity contribution in [3.05, 3.63) is 46.9 Å². The molecule has 3 aromatic heterocycles. The molecule has 0 atom stereocenters. The topological polar surface area (TPSA) is 98.7 Å². The van der Waals surface area contributed by atoms with Crippen molar-refractivity contribution in [1.82, 2.24) is 24.9 Å². The van der Waals surface area contributed by atoms with Gasteiger partial charge in [-0.1, -0.05) is 5.16 Å². The van der Waals surface area contributed by atoms with Crippen LogP contribution in [0, 0.1) is 20.8 Å². The quantitative estimate of drug-likeness (QED) is 0.785. The monoisotopic (exact) mass is 338 g/mol. The lowest BCUT2D eigenvalue weighted by Gasteiger charge is -2.05. The van der Waals surface area contributed by atoms with Crippen LogP contribution in [0.4, 0.5) is 5.69 Å². The Kier molecular flexibility index (Phi) is 3.60. The molecular formula is C17H18N6O2. The minimum Gasteiger partial charge on any atom is -0.360 e. The van der Waals surface area contributed by atoms with E-state index in [1.807, 2.05) is 20.8 Å². The van der Waals surface area contributed by atoms with Crippen molar-refractivity contribution in [2.24, 2.45) is 0 Å². The van der Waals surface area contributed by atoms with Gasteiger partial charge in [-0.25, -0.2) is 14.6 Å². The van der Waals surface area contributed by atoms with E-state index < -0.39 is 0 Å². The number of hydrogen-bond donors (Lipinski definition) is 1. The first-order chi connectivity index (χ1) is 12.0. The number of nitrogens with one attached hydrogen (secondary N) is 1. The Labute approximate surface area is 144 Å². The summed E-state index contributed by atoms with van der Waals surface area (Å²) in [6, 6.07) is 1.70. The molecule has 25 heavy (non-hydrogen) atoms. The van der Waals surface area contributed by atoms with Crippen LogP contribution in [0.5, 0.6) is 0 Å². The molecule has 3 heterocycles. The molecule has 0 unspecified atom stereocenters. The van der Waals surface area contributed by atoms with Crippen LogP contribution in [-0.4, -0.2) is 30.8 Å². The largest absolute Gasteiger partial charge is 0.360 e. The summed E-state index contributed by atoms with van der Waals surface area (Å²) in [7, 11) is 0. The minimum atomic E-state index is -0.339. The summed E-state index contributed by atoms with van der Waals surface area (Å²) in [6.45, 7) is 5.92. The van der Waals surface area contributed by atoms with E-state index in [1.165, 1.54) is 0 Å². The lowest BCUT2D eigenvalue weighted by atomic mass is 10.2. The third-order valence-corrected chi connectivity index (χ3v) is 4.48. The molecule has 128 valence electrons. The normalized spacial score (nSPS) is 13.9. The van der Waals surface area contributed by atoms with E-state index in [1.54, 1.807) is 23.1 Å². The van der Waals surface area contributed by atoms with Crippen molar-refractivity contribution >= 4 is 11.6 Å². The Morgan fingerprint density at radius 1 is 1.24 bits per heavy atom. The zero-order chi connectivity index (χ0) is 17.6. The van der Waals surface area contributed by atoms with Crippen molar-refractivity contribution in [1.29, 1.82) is 0 Å². The molecule has 0 bridgehead atoms. The zero-order valence-electron chi connectivity index (χ0n) is 14.3. The number of carbonyl (C=O) groups is 1. The number of nitrogens with zero attached hydrogens (tertiary/aromatic N) is 5. The molecule has 1 saturated carbocycles. The van der Waals surface area contributed by atoms with Crippen LogP contribution in [-0.2, 0) is 0 Å². The lowest BCUT2D eigenvalue weighted by Crippen LogP contribution is -2.13. The highest BCUT2D eigenvalue weighted by Crippen LogP contribution is 2.40. The van der Waals surface area contributed by atoms with Gasteiger partial charge in [-0.15, -0.1) is 0 Å². The van der Waals surface area contributed by atoms with E-state index >= 15 is 0 Å². The van der Waals surface area contributed by atoms with Gasteiger partial charge in [0, 0.05) is 17.7 Å². The maximum Gasteiger partial charge on any atom is 0.277 e. The molecular weight excluding hydrogens is 320 g/mol. The van der Waals surface area contributed by atoms with Gasteiger partial charge in [0.25, 0.3) is 11.9 Å². The molecule has 0 radical (unpaired) electrons. The third-order valence-electron chi connectivity index (χ3n) is 4.48. The number of amides is 1. The number of anilines is 1. The van der Waals surface area contributed by atoms with Crippen LogP contribution in [0.15, 0.2) is 23.0 Å². The van der Waals surface area contributed by atoms with Gasteiger partial charge in [0.05, 0.1) is 23.8 Å². The first kappa shape index (κ1) is 15.5. The third kappa shape index (κ3) is 2.90.